The van der Waals surface area contributed by atoms with Crippen LogP contribution in [0.15, 0.2) is 6.33 Å². The van der Waals surface area contributed by atoms with Crippen LogP contribution < -0.4 is 10.6 Å². The molecule has 2 atom stereocenters. The molecule has 0 radical (unpaired) electrons. The monoisotopic (exact) mass is 374 g/mol. The molecule has 2 unspecified atom stereocenters. The Morgan fingerprint density at radius 1 is 1.38 bits per heavy atom. The predicted octanol–water partition coefficient (Wildman–Crippen LogP) is 2.18. The van der Waals surface area contributed by atoms with Crippen molar-refractivity contribution in [3.05, 3.63) is 11.3 Å². The maximum absolute atomic E-state index is 12.4. The van der Waals surface area contributed by atoms with Gasteiger partial charge in [0, 0.05) is 12.1 Å². The average Bonchev–Trinajstić information content (AvgIpc) is 3.09. The van der Waals surface area contributed by atoms with Gasteiger partial charge in [0.25, 0.3) is 0 Å². The van der Waals surface area contributed by atoms with E-state index in [0.717, 1.165) is 46.9 Å². The van der Waals surface area contributed by atoms with Crippen LogP contribution in [0, 0.1) is 12.3 Å². The minimum Gasteiger partial charge on any atom is -0.365 e. The lowest BCUT2D eigenvalue weighted by Gasteiger charge is -2.38. The summed E-state index contributed by atoms with van der Waals surface area (Å²) in [4.78, 5) is 28.5. The van der Waals surface area contributed by atoms with Gasteiger partial charge in [-0.05, 0) is 52.1 Å². The number of hydrogen-bond donors (Lipinski definition) is 2. The fourth-order valence-corrected chi connectivity index (χ4v) is 4.99. The Hall–Kier alpha value is -1.80. The fraction of sp³-hybridized carbons (Fsp3) is 0.667. The maximum Gasteiger partial charge on any atom is 0.237 e. The fourth-order valence-electron chi connectivity index (χ4n) is 4.24. The van der Waals surface area contributed by atoms with Crippen LogP contribution in [0.4, 0.5) is 5.82 Å². The number of rotatable bonds is 6. The Morgan fingerprint density at radius 3 is 2.85 bits per heavy atom. The molecule has 0 aromatic carbocycles. The molecule has 2 heterocycles. The van der Waals surface area contributed by atoms with E-state index in [4.69, 9.17) is 0 Å². The van der Waals surface area contributed by atoms with E-state index in [1.54, 1.807) is 17.7 Å². The second kappa shape index (κ2) is 6.42. The van der Waals surface area contributed by atoms with Gasteiger partial charge in [-0.3, -0.25) is 9.69 Å². The molecule has 0 aliphatic heterocycles. The summed E-state index contributed by atoms with van der Waals surface area (Å²) in [5, 5.41) is 7.79. The number of hydrogen-bond acceptors (Lipinski definition) is 7. The highest BCUT2D eigenvalue weighted by molar-refractivity contribution is 7.18. The normalized spacial score (nSPS) is 28.2. The van der Waals surface area contributed by atoms with E-state index in [2.05, 4.69) is 32.5 Å². The van der Waals surface area contributed by atoms with Crippen molar-refractivity contribution in [2.45, 2.75) is 57.7 Å². The third kappa shape index (κ3) is 3.05. The Bertz CT molecular complexity index is 828. The van der Waals surface area contributed by atoms with Crippen molar-refractivity contribution in [1.82, 2.24) is 25.2 Å². The maximum atomic E-state index is 12.4. The molecule has 2 aliphatic carbocycles. The number of nitrogens with zero attached hydrogens (tertiary/aromatic N) is 4. The molecule has 7 nitrogen and oxygen atoms in total. The SMILES string of the molecule is CCC(C(=O)NC1CC2(C1)CC2Nc1ncnc2sc(C)nc12)N(C)C. The van der Waals surface area contributed by atoms with Crippen LogP contribution in [0.25, 0.3) is 10.3 Å². The molecular formula is C18H26N6OS. The van der Waals surface area contributed by atoms with Crippen molar-refractivity contribution in [3.63, 3.8) is 0 Å². The number of carbonyl (C=O) groups excluding carboxylic acids is 1. The average molecular weight is 375 g/mol. The second-order valence-electron chi connectivity index (χ2n) is 7.87. The molecule has 8 heteroatoms. The van der Waals surface area contributed by atoms with E-state index in [-0.39, 0.29) is 11.9 Å². The lowest BCUT2D eigenvalue weighted by atomic mass is 9.76. The molecular weight excluding hydrogens is 348 g/mol. The van der Waals surface area contributed by atoms with Gasteiger partial charge in [0.15, 0.2) is 5.82 Å². The van der Waals surface area contributed by atoms with Gasteiger partial charge in [0.2, 0.25) is 5.91 Å². The van der Waals surface area contributed by atoms with Gasteiger partial charge in [0.1, 0.15) is 16.7 Å². The zero-order chi connectivity index (χ0) is 18.5. The van der Waals surface area contributed by atoms with Crippen molar-refractivity contribution in [3.8, 4) is 0 Å². The van der Waals surface area contributed by atoms with Gasteiger partial charge >= 0.3 is 0 Å². The molecule has 2 aromatic rings. The first kappa shape index (κ1) is 17.6. The van der Waals surface area contributed by atoms with Crippen LogP contribution >= 0.6 is 11.3 Å². The quantitative estimate of drug-likeness (QED) is 0.806. The summed E-state index contributed by atoms with van der Waals surface area (Å²) >= 11 is 1.59. The molecule has 1 spiro atoms. The first-order valence-corrected chi connectivity index (χ1v) is 10.0. The molecule has 2 fully saturated rings. The molecule has 2 saturated carbocycles. The van der Waals surface area contributed by atoms with E-state index in [1.807, 2.05) is 25.9 Å². The Kier molecular flexibility index (Phi) is 4.35. The van der Waals surface area contributed by atoms with Gasteiger partial charge < -0.3 is 10.6 Å². The Labute approximate surface area is 157 Å². The highest BCUT2D eigenvalue weighted by Crippen LogP contribution is 2.61. The number of carbonyl (C=O) groups is 1. The molecule has 26 heavy (non-hydrogen) atoms. The Balaban J connectivity index is 1.33. The van der Waals surface area contributed by atoms with Crippen LogP contribution in [0.5, 0.6) is 0 Å². The molecule has 0 bridgehead atoms. The van der Waals surface area contributed by atoms with Gasteiger partial charge in [-0.1, -0.05) is 18.3 Å². The van der Waals surface area contributed by atoms with Crippen LogP contribution in [0.2, 0.25) is 0 Å². The van der Waals surface area contributed by atoms with Crippen molar-refractivity contribution >= 4 is 33.4 Å². The van der Waals surface area contributed by atoms with E-state index >= 15 is 0 Å². The van der Waals surface area contributed by atoms with E-state index in [9.17, 15) is 4.79 Å². The largest absolute Gasteiger partial charge is 0.365 e. The van der Waals surface area contributed by atoms with Crippen LogP contribution in [0.3, 0.4) is 0 Å². The Morgan fingerprint density at radius 2 is 2.15 bits per heavy atom. The van der Waals surface area contributed by atoms with E-state index in [0.29, 0.717) is 17.5 Å². The molecule has 2 aliphatic rings. The molecule has 1 amide bonds. The molecule has 140 valence electrons. The summed E-state index contributed by atoms with van der Waals surface area (Å²) in [6.45, 7) is 4.04. The lowest BCUT2D eigenvalue weighted by Crippen LogP contribution is -2.52. The number of nitrogens with one attached hydrogen (secondary N) is 2. The first-order chi connectivity index (χ1) is 12.4. The summed E-state index contributed by atoms with van der Waals surface area (Å²) in [5.41, 5.74) is 1.19. The number of likely N-dealkylation sites (N-methyl/N-ethyl adjacent to an activating group) is 1. The molecule has 2 aromatic heterocycles. The van der Waals surface area contributed by atoms with Crippen molar-refractivity contribution < 1.29 is 4.79 Å². The highest BCUT2D eigenvalue weighted by atomic mass is 32.1. The summed E-state index contributed by atoms with van der Waals surface area (Å²) in [6.07, 6.45) is 5.67. The van der Waals surface area contributed by atoms with E-state index < -0.39 is 0 Å². The zero-order valence-electron chi connectivity index (χ0n) is 15.7. The molecule has 0 saturated heterocycles. The number of fused-ring (bicyclic) bond motifs is 1. The minimum absolute atomic E-state index is 0.0399. The van der Waals surface area contributed by atoms with Crippen LogP contribution in [-0.4, -0.2) is 58.0 Å². The number of anilines is 1. The van der Waals surface area contributed by atoms with Crippen molar-refractivity contribution in [1.29, 1.82) is 0 Å². The molecule has 2 N–H and O–H groups in total. The third-order valence-corrected chi connectivity index (χ3v) is 6.65. The zero-order valence-corrected chi connectivity index (χ0v) is 16.6. The second-order valence-corrected chi connectivity index (χ2v) is 9.06. The summed E-state index contributed by atoms with van der Waals surface area (Å²) in [5.74, 6) is 0.991. The number of aromatic nitrogens is 3. The summed E-state index contributed by atoms with van der Waals surface area (Å²) in [6, 6.07) is 0.684. The van der Waals surface area contributed by atoms with Crippen LogP contribution in [0.1, 0.15) is 37.6 Å². The minimum atomic E-state index is -0.0399. The van der Waals surface area contributed by atoms with Gasteiger partial charge in [-0.2, -0.15) is 0 Å². The van der Waals surface area contributed by atoms with Gasteiger partial charge in [0.05, 0.1) is 11.0 Å². The predicted molar refractivity (Wildman–Crippen MR) is 103 cm³/mol. The number of thiazole rings is 1. The highest BCUT2D eigenvalue weighted by Gasteiger charge is 2.62. The molecule has 4 rings (SSSR count). The van der Waals surface area contributed by atoms with Crippen molar-refractivity contribution in [2.75, 3.05) is 19.4 Å². The first-order valence-electron chi connectivity index (χ1n) is 9.23. The standard InChI is InChI=1S/C18H26N6OS/c1-5-12(24(3)4)16(25)22-11-6-18(7-11)8-13(18)23-15-14-17(20-9-19-15)26-10(2)21-14/h9,11-13H,5-8H2,1-4H3,(H,22,25)(H,19,20,23). The summed E-state index contributed by atoms with van der Waals surface area (Å²) in [7, 11) is 3.92. The van der Waals surface area contributed by atoms with Crippen LogP contribution in [-0.2, 0) is 4.79 Å². The lowest BCUT2D eigenvalue weighted by molar-refractivity contribution is -0.127. The number of amides is 1. The van der Waals surface area contributed by atoms with E-state index in [1.165, 1.54) is 0 Å². The number of aryl methyl sites for hydroxylation is 1. The third-order valence-electron chi connectivity index (χ3n) is 5.77. The topological polar surface area (TPSA) is 83.0 Å². The van der Waals surface area contributed by atoms with Gasteiger partial charge in [-0.25, -0.2) is 15.0 Å². The smallest absolute Gasteiger partial charge is 0.237 e. The summed E-state index contributed by atoms with van der Waals surface area (Å²) < 4.78 is 0. The van der Waals surface area contributed by atoms with Gasteiger partial charge in [-0.15, -0.1) is 0 Å². The van der Waals surface area contributed by atoms with Crippen molar-refractivity contribution in [2.24, 2.45) is 5.41 Å².